The molecule has 0 unspecified atom stereocenters. The van der Waals surface area contributed by atoms with E-state index in [4.69, 9.17) is 17.3 Å². The van der Waals surface area contributed by atoms with E-state index in [1.807, 2.05) is 12.1 Å². The van der Waals surface area contributed by atoms with Gasteiger partial charge >= 0.3 is 6.03 Å². The van der Waals surface area contributed by atoms with Crippen molar-refractivity contribution in [2.24, 2.45) is 5.73 Å². The van der Waals surface area contributed by atoms with Gasteiger partial charge in [-0.05, 0) is 36.4 Å². The molecule has 0 aliphatic rings. The Hall–Kier alpha value is -2.02. The molecule has 4 nitrogen and oxygen atoms in total. The molecular weight excluding hydrogens is 339 g/mol. The highest BCUT2D eigenvalue weighted by Gasteiger charge is 2.08. The maximum absolute atomic E-state index is 14.0. The number of hydroxylamine groups is 2. The smallest absolute Gasteiger partial charge is 0.338 e. The number of carbonyl (C=O) groups excluding carboxylic acids is 1. The number of nitrogens with two attached hydrogens (primary N) is 1. The molecule has 23 heavy (non-hydrogen) atoms. The van der Waals surface area contributed by atoms with E-state index in [1.54, 1.807) is 24.3 Å². The molecule has 0 radical (unpaired) electrons. The molecule has 0 aromatic heterocycles. The first kappa shape index (κ1) is 17.3. The van der Waals surface area contributed by atoms with Gasteiger partial charge in [-0.3, -0.25) is 5.21 Å². The predicted molar refractivity (Wildman–Crippen MR) is 89.1 cm³/mol. The Morgan fingerprint density at radius 3 is 2.65 bits per heavy atom. The largest absolute Gasteiger partial charge is 0.350 e. The molecule has 0 aliphatic carbocycles. The van der Waals surface area contributed by atoms with Gasteiger partial charge in [0.15, 0.2) is 0 Å². The van der Waals surface area contributed by atoms with E-state index in [1.165, 1.54) is 30.0 Å². The van der Waals surface area contributed by atoms with Crippen molar-refractivity contribution >= 4 is 35.5 Å². The Bertz CT molecular complexity index is 723. The van der Waals surface area contributed by atoms with E-state index in [-0.39, 0.29) is 6.54 Å². The standard InChI is InChI=1S/C16H14ClFN2O2S/c17-11-6-8-12(9-7-11)23-15-5-1-4-14(18)13(15)3-2-10-20(22)16(19)21/h1-9,22H,10H2,(H2,19,21). The second-order valence-corrected chi connectivity index (χ2v) is 6.08. The maximum atomic E-state index is 14.0. The number of rotatable bonds is 5. The van der Waals surface area contributed by atoms with Crippen molar-refractivity contribution in [3.05, 3.63) is 64.9 Å². The van der Waals surface area contributed by atoms with Gasteiger partial charge in [-0.2, -0.15) is 0 Å². The van der Waals surface area contributed by atoms with Gasteiger partial charge in [0.05, 0.1) is 6.54 Å². The first-order chi connectivity index (χ1) is 11.0. The van der Waals surface area contributed by atoms with Gasteiger partial charge in [0, 0.05) is 20.4 Å². The number of nitrogens with zero attached hydrogens (tertiary/aromatic N) is 1. The van der Waals surface area contributed by atoms with Crippen molar-refractivity contribution < 1.29 is 14.4 Å². The van der Waals surface area contributed by atoms with Crippen molar-refractivity contribution in [3.63, 3.8) is 0 Å². The van der Waals surface area contributed by atoms with Crippen LogP contribution in [0.5, 0.6) is 0 Å². The fourth-order valence-electron chi connectivity index (χ4n) is 1.76. The zero-order valence-corrected chi connectivity index (χ0v) is 13.5. The van der Waals surface area contributed by atoms with E-state index < -0.39 is 11.8 Å². The molecule has 2 aromatic carbocycles. The van der Waals surface area contributed by atoms with Gasteiger partial charge in [0.25, 0.3) is 0 Å². The van der Waals surface area contributed by atoms with Gasteiger partial charge < -0.3 is 5.73 Å². The molecule has 3 N–H and O–H groups in total. The zero-order valence-electron chi connectivity index (χ0n) is 11.9. The van der Waals surface area contributed by atoms with E-state index in [0.29, 0.717) is 20.5 Å². The third kappa shape index (κ3) is 4.99. The molecule has 0 atom stereocenters. The molecule has 0 saturated heterocycles. The molecule has 7 heteroatoms. The third-order valence-corrected chi connectivity index (χ3v) is 4.21. The van der Waals surface area contributed by atoms with E-state index in [2.05, 4.69) is 0 Å². The number of benzene rings is 2. The Kier molecular flexibility index (Phi) is 6.04. The zero-order chi connectivity index (χ0) is 16.8. The SMILES string of the molecule is NC(=O)N(O)CC=Cc1c(F)cccc1Sc1ccc(Cl)cc1. The highest BCUT2D eigenvalue weighted by atomic mass is 35.5. The number of hydrogen-bond acceptors (Lipinski definition) is 3. The average molecular weight is 353 g/mol. The molecule has 0 bridgehead atoms. The van der Waals surface area contributed by atoms with Gasteiger partial charge in [-0.1, -0.05) is 41.6 Å². The highest BCUT2D eigenvalue weighted by Crippen LogP contribution is 2.33. The minimum Gasteiger partial charge on any atom is -0.350 e. The summed E-state index contributed by atoms with van der Waals surface area (Å²) >= 11 is 7.23. The van der Waals surface area contributed by atoms with Crippen LogP contribution < -0.4 is 5.73 Å². The lowest BCUT2D eigenvalue weighted by molar-refractivity contribution is -0.0286. The first-order valence-electron chi connectivity index (χ1n) is 6.61. The van der Waals surface area contributed by atoms with Gasteiger partial charge in [-0.25, -0.2) is 14.2 Å². The lowest BCUT2D eigenvalue weighted by Gasteiger charge is -2.09. The Balaban J connectivity index is 2.20. The summed E-state index contributed by atoms with van der Waals surface area (Å²) in [5, 5.41) is 10.2. The van der Waals surface area contributed by atoms with Crippen LogP contribution in [0.1, 0.15) is 5.56 Å². The van der Waals surface area contributed by atoms with Crippen LogP contribution in [0.25, 0.3) is 6.08 Å². The topological polar surface area (TPSA) is 66.6 Å². The second-order valence-electron chi connectivity index (χ2n) is 4.53. The lowest BCUT2D eigenvalue weighted by Crippen LogP contribution is -2.32. The molecule has 0 heterocycles. The quantitative estimate of drug-likeness (QED) is 0.618. The van der Waals surface area contributed by atoms with Gasteiger partial charge in [0.2, 0.25) is 0 Å². The molecule has 2 rings (SSSR count). The number of urea groups is 1. The van der Waals surface area contributed by atoms with Crippen LogP contribution in [0.15, 0.2) is 58.3 Å². The molecule has 0 aliphatic heterocycles. The van der Waals surface area contributed by atoms with Crippen molar-refractivity contribution in [1.29, 1.82) is 0 Å². The summed E-state index contributed by atoms with van der Waals surface area (Å²) in [4.78, 5) is 12.3. The van der Waals surface area contributed by atoms with Crippen molar-refractivity contribution in [2.75, 3.05) is 6.54 Å². The Morgan fingerprint density at radius 1 is 1.30 bits per heavy atom. The van der Waals surface area contributed by atoms with E-state index in [0.717, 1.165) is 4.90 Å². The summed E-state index contributed by atoms with van der Waals surface area (Å²) in [7, 11) is 0. The number of hydrogen-bond donors (Lipinski definition) is 2. The number of halogens is 2. The number of carbonyl (C=O) groups is 1. The molecular formula is C16H14ClFN2O2S. The molecule has 0 fully saturated rings. The van der Waals surface area contributed by atoms with Crippen LogP contribution in [-0.2, 0) is 0 Å². The minimum atomic E-state index is -0.973. The Labute approximate surface area is 142 Å². The lowest BCUT2D eigenvalue weighted by atomic mass is 10.2. The monoisotopic (exact) mass is 352 g/mol. The highest BCUT2D eigenvalue weighted by molar-refractivity contribution is 7.99. The van der Waals surface area contributed by atoms with Gasteiger partial charge in [0.1, 0.15) is 5.82 Å². The molecule has 2 aromatic rings. The van der Waals surface area contributed by atoms with Crippen LogP contribution >= 0.6 is 23.4 Å². The third-order valence-electron chi connectivity index (χ3n) is 2.87. The van der Waals surface area contributed by atoms with E-state index in [9.17, 15) is 14.4 Å². The minimum absolute atomic E-state index is 0.130. The number of amides is 2. The van der Waals surface area contributed by atoms with Crippen molar-refractivity contribution in [2.45, 2.75) is 9.79 Å². The molecule has 120 valence electrons. The average Bonchev–Trinajstić information content (AvgIpc) is 2.52. The fourth-order valence-corrected chi connectivity index (χ4v) is 2.83. The summed E-state index contributed by atoms with van der Waals surface area (Å²) in [6, 6.07) is 11.0. The van der Waals surface area contributed by atoms with Crippen molar-refractivity contribution in [3.8, 4) is 0 Å². The van der Waals surface area contributed by atoms with Crippen LogP contribution in [0, 0.1) is 5.82 Å². The summed E-state index contributed by atoms with van der Waals surface area (Å²) < 4.78 is 14.0. The predicted octanol–water partition coefficient (Wildman–Crippen LogP) is 4.41. The second kappa shape index (κ2) is 8.01. The first-order valence-corrected chi connectivity index (χ1v) is 7.81. The normalized spacial score (nSPS) is 10.9. The Morgan fingerprint density at radius 2 is 2.00 bits per heavy atom. The summed E-state index contributed by atoms with van der Waals surface area (Å²) in [6.07, 6.45) is 2.95. The van der Waals surface area contributed by atoms with Gasteiger partial charge in [-0.15, -0.1) is 0 Å². The van der Waals surface area contributed by atoms with Crippen LogP contribution in [0.3, 0.4) is 0 Å². The maximum Gasteiger partial charge on any atom is 0.338 e. The molecule has 0 spiro atoms. The summed E-state index contributed by atoms with van der Waals surface area (Å²) in [5.74, 6) is -0.399. The molecule has 2 amide bonds. The van der Waals surface area contributed by atoms with E-state index >= 15 is 0 Å². The summed E-state index contributed by atoms with van der Waals surface area (Å²) in [6.45, 7) is -0.130. The number of primary amides is 1. The van der Waals surface area contributed by atoms with Crippen molar-refractivity contribution in [1.82, 2.24) is 5.06 Å². The van der Waals surface area contributed by atoms with Crippen LogP contribution in [0.2, 0.25) is 5.02 Å². The summed E-state index contributed by atoms with van der Waals surface area (Å²) in [5.41, 5.74) is 5.27. The van der Waals surface area contributed by atoms with Crippen LogP contribution in [-0.4, -0.2) is 22.8 Å². The van der Waals surface area contributed by atoms with Crippen LogP contribution in [0.4, 0.5) is 9.18 Å². The fraction of sp³-hybridized carbons (Fsp3) is 0.0625. The molecule has 0 saturated carbocycles.